The van der Waals surface area contributed by atoms with Gasteiger partial charge in [0.25, 0.3) is 5.91 Å². The average Bonchev–Trinajstić information content (AvgIpc) is 3.25. The maximum Gasteiger partial charge on any atom is 0.358 e. The Morgan fingerprint density at radius 2 is 1.74 bits per heavy atom. The molecule has 0 bridgehead atoms. The Bertz CT molecular complexity index is 1090. The Kier molecular flexibility index (Phi) is 6.81. The molecule has 1 aromatic heterocycles. The van der Waals surface area contributed by atoms with E-state index in [2.05, 4.69) is 15.7 Å². The lowest BCUT2D eigenvalue weighted by atomic mass is 10.1. The van der Waals surface area contributed by atoms with E-state index in [9.17, 15) is 14.4 Å². The van der Waals surface area contributed by atoms with Gasteiger partial charge in [0.1, 0.15) is 0 Å². The topological polar surface area (TPSA) is 102 Å². The molecule has 0 unspecified atom stereocenters. The van der Waals surface area contributed by atoms with Gasteiger partial charge in [-0.1, -0.05) is 19.9 Å². The van der Waals surface area contributed by atoms with Gasteiger partial charge in [0.05, 0.1) is 12.3 Å². The number of hydrogen-bond acceptors (Lipinski definition) is 5. The number of rotatable bonds is 7. The van der Waals surface area contributed by atoms with Crippen LogP contribution in [0.2, 0.25) is 0 Å². The molecule has 0 aliphatic rings. The van der Waals surface area contributed by atoms with Crippen molar-refractivity contribution in [1.82, 2.24) is 9.78 Å². The summed E-state index contributed by atoms with van der Waals surface area (Å²) in [5.74, 6) is -0.984. The first-order valence-electron chi connectivity index (χ1n) is 9.93. The van der Waals surface area contributed by atoms with Crippen LogP contribution in [0.5, 0.6) is 0 Å². The lowest BCUT2D eigenvalue weighted by molar-refractivity contribution is -0.118. The minimum Gasteiger partial charge on any atom is -0.461 e. The third-order valence-corrected chi connectivity index (χ3v) is 4.38. The number of ether oxygens (including phenoxy) is 1. The number of esters is 1. The number of hydrogen-bond donors (Lipinski definition) is 2. The number of carbonyl (C=O) groups excluding carboxylic acids is 3. The van der Waals surface area contributed by atoms with E-state index < -0.39 is 5.97 Å². The molecule has 0 aliphatic carbocycles. The highest BCUT2D eigenvalue weighted by molar-refractivity contribution is 6.04. The van der Waals surface area contributed by atoms with Crippen LogP contribution in [0.15, 0.2) is 60.8 Å². The highest BCUT2D eigenvalue weighted by Crippen LogP contribution is 2.17. The second-order valence-electron chi connectivity index (χ2n) is 7.09. The van der Waals surface area contributed by atoms with E-state index in [0.717, 1.165) is 0 Å². The summed E-state index contributed by atoms with van der Waals surface area (Å²) in [5.41, 5.74) is 2.55. The van der Waals surface area contributed by atoms with Gasteiger partial charge in [-0.3, -0.25) is 9.59 Å². The van der Waals surface area contributed by atoms with Gasteiger partial charge < -0.3 is 15.4 Å². The number of nitrogens with zero attached hydrogens (tertiary/aromatic N) is 2. The van der Waals surface area contributed by atoms with Crippen LogP contribution in [-0.2, 0) is 9.53 Å². The summed E-state index contributed by atoms with van der Waals surface area (Å²) in [5, 5.41) is 9.84. The van der Waals surface area contributed by atoms with Crippen LogP contribution in [0.3, 0.4) is 0 Å². The molecule has 8 nitrogen and oxygen atoms in total. The summed E-state index contributed by atoms with van der Waals surface area (Å²) in [6, 6.07) is 15.3. The monoisotopic (exact) mass is 420 g/mol. The number of carbonyl (C=O) groups is 3. The van der Waals surface area contributed by atoms with E-state index in [4.69, 9.17) is 4.74 Å². The van der Waals surface area contributed by atoms with Crippen LogP contribution in [0.25, 0.3) is 5.69 Å². The van der Waals surface area contributed by atoms with Crippen LogP contribution in [0.1, 0.15) is 41.6 Å². The lowest BCUT2D eigenvalue weighted by Crippen LogP contribution is -2.18. The summed E-state index contributed by atoms with van der Waals surface area (Å²) >= 11 is 0. The van der Waals surface area contributed by atoms with Crippen molar-refractivity contribution >= 4 is 29.2 Å². The molecule has 2 aromatic carbocycles. The van der Waals surface area contributed by atoms with E-state index in [1.807, 2.05) is 19.9 Å². The molecule has 0 saturated carbocycles. The Balaban J connectivity index is 1.69. The van der Waals surface area contributed by atoms with Crippen LogP contribution >= 0.6 is 0 Å². The number of amides is 2. The smallest absolute Gasteiger partial charge is 0.358 e. The molecule has 0 aliphatic heterocycles. The fourth-order valence-corrected chi connectivity index (χ4v) is 2.70. The van der Waals surface area contributed by atoms with Gasteiger partial charge in [0.2, 0.25) is 5.91 Å². The molecule has 0 spiro atoms. The van der Waals surface area contributed by atoms with Crippen LogP contribution in [0, 0.1) is 5.92 Å². The third-order valence-electron chi connectivity index (χ3n) is 4.38. The molecule has 160 valence electrons. The zero-order valence-corrected chi connectivity index (χ0v) is 17.6. The quantitative estimate of drug-likeness (QED) is 0.565. The summed E-state index contributed by atoms with van der Waals surface area (Å²) in [4.78, 5) is 36.2. The van der Waals surface area contributed by atoms with Crippen molar-refractivity contribution < 1.29 is 19.1 Å². The van der Waals surface area contributed by atoms with E-state index in [1.165, 1.54) is 4.68 Å². The van der Waals surface area contributed by atoms with Crippen molar-refractivity contribution in [1.29, 1.82) is 0 Å². The molecule has 3 rings (SSSR count). The van der Waals surface area contributed by atoms with Crippen molar-refractivity contribution in [3.05, 3.63) is 72.1 Å². The Hall–Kier alpha value is -3.94. The Labute approximate surface area is 180 Å². The Morgan fingerprint density at radius 1 is 1.00 bits per heavy atom. The molecule has 0 fully saturated rings. The summed E-state index contributed by atoms with van der Waals surface area (Å²) in [7, 11) is 0. The first-order chi connectivity index (χ1) is 14.9. The zero-order chi connectivity index (χ0) is 22.4. The molecular weight excluding hydrogens is 396 g/mol. The predicted octanol–water partition coefficient (Wildman–Crippen LogP) is 3.90. The van der Waals surface area contributed by atoms with Crippen molar-refractivity contribution in [3.63, 3.8) is 0 Å². The van der Waals surface area contributed by atoms with Gasteiger partial charge in [-0.2, -0.15) is 5.10 Å². The lowest BCUT2D eigenvalue weighted by Gasteiger charge is -2.10. The van der Waals surface area contributed by atoms with Gasteiger partial charge in [-0.15, -0.1) is 0 Å². The van der Waals surface area contributed by atoms with Crippen molar-refractivity contribution in [2.75, 3.05) is 17.2 Å². The molecule has 0 atom stereocenters. The van der Waals surface area contributed by atoms with Gasteiger partial charge in [-0.05, 0) is 55.5 Å². The van der Waals surface area contributed by atoms with E-state index >= 15 is 0 Å². The second kappa shape index (κ2) is 9.71. The number of benzene rings is 2. The van der Waals surface area contributed by atoms with Crippen LogP contribution < -0.4 is 10.6 Å². The minimum atomic E-state index is -0.487. The van der Waals surface area contributed by atoms with E-state index in [0.29, 0.717) is 22.6 Å². The van der Waals surface area contributed by atoms with Gasteiger partial charge in [-0.25, -0.2) is 9.48 Å². The molecule has 31 heavy (non-hydrogen) atoms. The summed E-state index contributed by atoms with van der Waals surface area (Å²) in [6.45, 7) is 5.63. The normalized spacial score (nSPS) is 10.6. The van der Waals surface area contributed by atoms with Gasteiger partial charge >= 0.3 is 5.97 Å². The fourth-order valence-electron chi connectivity index (χ4n) is 2.70. The number of nitrogens with one attached hydrogen (secondary N) is 2. The predicted molar refractivity (Wildman–Crippen MR) is 117 cm³/mol. The molecule has 3 aromatic rings. The standard InChI is InChI=1S/C23H24N4O4/c1-4-31-23(30)20-12-13-27(26-20)19-7-5-6-18(14-19)25-22(29)16-8-10-17(11-9-16)24-21(28)15(2)3/h5-15H,4H2,1-3H3,(H,24,28)(H,25,29). The largest absolute Gasteiger partial charge is 0.461 e. The van der Waals surface area contributed by atoms with Crippen molar-refractivity contribution in [2.45, 2.75) is 20.8 Å². The van der Waals surface area contributed by atoms with Crippen molar-refractivity contribution in [3.8, 4) is 5.69 Å². The summed E-state index contributed by atoms with van der Waals surface area (Å²) in [6.07, 6.45) is 1.65. The average molecular weight is 420 g/mol. The highest BCUT2D eigenvalue weighted by atomic mass is 16.5. The molecule has 0 radical (unpaired) electrons. The Morgan fingerprint density at radius 3 is 2.42 bits per heavy atom. The van der Waals surface area contributed by atoms with E-state index in [1.54, 1.807) is 61.7 Å². The van der Waals surface area contributed by atoms with Crippen molar-refractivity contribution in [2.24, 2.45) is 5.92 Å². The summed E-state index contributed by atoms with van der Waals surface area (Å²) < 4.78 is 6.48. The fraction of sp³-hybridized carbons (Fsp3) is 0.217. The molecule has 0 saturated heterocycles. The minimum absolute atomic E-state index is 0.0845. The maximum absolute atomic E-state index is 12.6. The molecular formula is C23H24N4O4. The number of aromatic nitrogens is 2. The number of anilines is 2. The van der Waals surface area contributed by atoms with E-state index in [-0.39, 0.29) is 30.0 Å². The second-order valence-corrected chi connectivity index (χ2v) is 7.09. The van der Waals surface area contributed by atoms with Crippen LogP contribution in [0.4, 0.5) is 11.4 Å². The molecule has 2 amide bonds. The SMILES string of the molecule is CCOC(=O)c1ccn(-c2cccc(NC(=O)c3ccc(NC(=O)C(C)C)cc3)c2)n1. The zero-order valence-electron chi connectivity index (χ0n) is 17.6. The third kappa shape index (κ3) is 5.57. The first-order valence-corrected chi connectivity index (χ1v) is 9.93. The van der Waals surface area contributed by atoms with Crippen LogP contribution in [-0.4, -0.2) is 34.2 Å². The van der Waals surface area contributed by atoms with Gasteiger partial charge in [0, 0.05) is 29.1 Å². The molecule has 8 heteroatoms. The highest BCUT2D eigenvalue weighted by Gasteiger charge is 2.12. The molecule has 2 N–H and O–H groups in total. The van der Waals surface area contributed by atoms with Gasteiger partial charge in [0.15, 0.2) is 5.69 Å². The first kappa shape index (κ1) is 21.8. The molecule has 1 heterocycles. The maximum atomic E-state index is 12.6.